The largest absolute Gasteiger partial charge is 0.490 e. The van der Waals surface area contributed by atoms with Gasteiger partial charge in [-0.1, -0.05) is 48.5 Å². The van der Waals surface area contributed by atoms with E-state index in [1.807, 2.05) is 18.2 Å². The van der Waals surface area contributed by atoms with Crippen molar-refractivity contribution < 1.29 is 19.2 Å². The molecule has 2 aromatic carbocycles. The number of hydrogen-bond acceptors (Lipinski definition) is 6. The Morgan fingerprint density at radius 3 is 2.64 bits per heavy atom. The molecule has 1 heterocycles. The molecule has 2 aliphatic rings. The average Bonchev–Trinajstić information content (AvgIpc) is 2.73. The molecular weight excluding hydrogens is 360 g/mol. The Balaban J connectivity index is 1.65. The number of ketones is 1. The van der Waals surface area contributed by atoms with Crippen molar-refractivity contribution in [2.75, 3.05) is 18.5 Å². The maximum atomic E-state index is 12.8. The van der Waals surface area contributed by atoms with Gasteiger partial charge >= 0.3 is 0 Å². The highest BCUT2D eigenvalue weighted by molar-refractivity contribution is 6.00. The molecule has 1 N–H and O–H groups in total. The molecule has 0 saturated carbocycles. The fraction of sp³-hybridized carbons (Fsp3) is 0.190. The smallest absolute Gasteiger partial charge is 0.292 e. The van der Waals surface area contributed by atoms with E-state index in [2.05, 4.69) is 5.32 Å². The van der Waals surface area contributed by atoms with E-state index in [-0.39, 0.29) is 11.5 Å². The van der Waals surface area contributed by atoms with Crippen molar-refractivity contribution in [2.45, 2.75) is 5.72 Å². The number of rotatable bonds is 5. The van der Waals surface area contributed by atoms with Crippen LogP contribution in [0.3, 0.4) is 0 Å². The number of anilines is 1. The Morgan fingerprint density at radius 1 is 1.11 bits per heavy atom. The van der Waals surface area contributed by atoms with Gasteiger partial charge < -0.3 is 14.8 Å². The number of ether oxygens (including phenoxy) is 2. The lowest BCUT2D eigenvalue weighted by atomic mass is 9.89. The van der Waals surface area contributed by atoms with Gasteiger partial charge in [0.05, 0.1) is 17.4 Å². The highest BCUT2D eigenvalue weighted by atomic mass is 16.6. The third-order valence-electron chi connectivity index (χ3n) is 4.69. The van der Waals surface area contributed by atoms with Gasteiger partial charge in [0.15, 0.2) is 5.78 Å². The summed E-state index contributed by atoms with van der Waals surface area (Å²) < 4.78 is 11.7. The number of nitrogens with zero attached hydrogens (tertiary/aromatic N) is 1. The van der Waals surface area contributed by atoms with Gasteiger partial charge in [0.2, 0.25) is 5.72 Å². The van der Waals surface area contributed by atoms with Crippen LogP contribution in [0.15, 0.2) is 78.6 Å². The van der Waals surface area contributed by atoms with Crippen LogP contribution >= 0.6 is 0 Å². The molecule has 0 amide bonds. The maximum absolute atomic E-state index is 12.8. The zero-order valence-electron chi connectivity index (χ0n) is 14.9. The Morgan fingerprint density at radius 2 is 1.86 bits per heavy atom. The molecule has 142 valence electrons. The molecule has 0 spiro atoms. The van der Waals surface area contributed by atoms with Gasteiger partial charge in [-0.25, -0.2) is 0 Å². The minimum atomic E-state index is -1.18. The summed E-state index contributed by atoms with van der Waals surface area (Å²) in [7, 11) is 0. The molecule has 0 bridgehead atoms. The van der Waals surface area contributed by atoms with Gasteiger partial charge in [-0.15, -0.1) is 0 Å². The van der Waals surface area contributed by atoms with Gasteiger partial charge in [0.25, 0.3) is 5.69 Å². The summed E-state index contributed by atoms with van der Waals surface area (Å²) in [6.07, 6.45) is 5.13. The summed E-state index contributed by atoms with van der Waals surface area (Å²) in [6.45, 7) is 0.652. The number of nitro benzene ring substituents is 1. The number of fused-ring (bicyclic) bond motifs is 1. The molecule has 1 aliphatic carbocycles. The normalized spacial score (nSPS) is 23.1. The molecule has 28 heavy (non-hydrogen) atoms. The van der Waals surface area contributed by atoms with Crippen LogP contribution in [0.25, 0.3) is 0 Å². The lowest BCUT2D eigenvalue weighted by Crippen LogP contribution is -2.48. The molecule has 2 aromatic rings. The number of nitrogens with one attached hydrogen (secondary N) is 1. The lowest BCUT2D eigenvalue weighted by Gasteiger charge is -2.40. The highest BCUT2D eigenvalue weighted by Gasteiger charge is 2.42. The van der Waals surface area contributed by atoms with Crippen molar-refractivity contribution in [3.63, 3.8) is 0 Å². The SMILES string of the molecule is O=C(c1ccccc1)C1C=CC2(Nc3ccccc3[N+](=O)[O-])OCCOC2=C1. The monoisotopic (exact) mass is 378 g/mol. The molecule has 7 nitrogen and oxygen atoms in total. The topological polar surface area (TPSA) is 90.7 Å². The van der Waals surface area contributed by atoms with Crippen molar-refractivity contribution in [1.82, 2.24) is 0 Å². The Labute approximate surface area is 161 Å². The number of benzene rings is 2. The van der Waals surface area contributed by atoms with E-state index in [4.69, 9.17) is 9.47 Å². The van der Waals surface area contributed by atoms with Crippen LogP contribution < -0.4 is 5.32 Å². The third-order valence-corrected chi connectivity index (χ3v) is 4.69. The van der Waals surface area contributed by atoms with E-state index in [9.17, 15) is 14.9 Å². The summed E-state index contributed by atoms with van der Waals surface area (Å²) in [5.74, 6) is -0.133. The van der Waals surface area contributed by atoms with Gasteiger partial charge in [-0.05, 0) is 18.2 Å². The first kappa shape index (κ1) is 17.9. The van der Waals surface area contributed by atoms with Crippen LogP contribution in [-0.4, -0.2) is 29.6 Å². The molecule has 1 aliphatic heterocycles. The standard InChI is InChI=1S/C21H18N2O5/c24-20(15-6-2-1-3-7-15)16-10-11-21(19(14-16)27-12-13-28-21)22-17-8-4-5-9-18(17)23(25)26/h1-11,14,16,22H,12-13H2. The fourth-order valence-corrected chi connectivity index (χ4v) is 3.33. The molecule has 1 saturated heterocycles. The summed E-state index contributed by atoms with van der Waals surface area (Å²) in [5.41, 5.74) is -0.342. The van der Waals surface area contributed by atoms with Crippen molar-refractivity contribution in [3.8, 4) is 0 Å². The quantitative estimate of drug-likeness (QED) is 0.369. The minimum Gasteiger partial charge on any atom is -0.490 e. The second kappa shape index (κ2) is 7.28. The zero-order valence-corrected chi connectivity index (χ0v) is 14.9. The number of nitro groups is 1. The average molecular weight is 378 g/mol. The zero-order chi connectivity index (χ0) is 19.6. The predicted octanol–water partition coefficient (Wildman–Crippen LogP) is 3.70. The predicted molar refractivity (Wildman–Crippen MR) is 103 cm³/mol. The van der Waals surface area contributed by atoms with Crippen LogP contribution in [0.5, 0.6) is 0 Å². The van der Waals surface area contributed by atoms with Crippen LogP contribution in [-0.2, 0) is 9.47 Å². The number of carbonyl (C=O) groups excluding carboxylic acids is 1. The van der Waals surface area contributed by atoms with E-state index >= 15 is 0 Å². The molecule has 2 atom stereocenters. The molecule has 4 rings (SSSR count). The summed E-state index contributed by atoms with van der Waals surface area (Å²) >= 11 is 0. The van der Waals surface area contributed by atoms with E-state index in [1.165, 1.54) is 6.07 Å². The number of para-hydroxylation sites is 2. The fourth-order valence-electron chi connectivity index (χ4n) is 3.33. The number of hydrogen-bond donors (Lipinski definition) is 1. The number of Topliss-reactive ketones (excluding diaryl/α,β-unsaturated/α-hetero) is 1. The van der Waals surface area contributed by atoms with E-state index in [0.717, 1.165) is 0 Å². The molecule has 7 heteroatoms. The van der Waals surface area contributed by atoms with Crippen LogP contribution in [0.2, 0.25) is 0 Å². The second-order valence-electron chi connectivity index (χ2n) is 6.48. The first-order valence-corrected chi connectivity index (χ1v) is 8.88. The Hall–Kier alpha value is -3.45. The van der Waals surface area contributed by atoms with E-state index < -0.39 is 16.6 Å². The second-order valence-corrected chi connectivity index (χ2v) is 6.48. The highest BCUT2D eigenvalue weighted by Crippen LogP contribution is 2.37. The van der Waals surface area contributed by atoms with Crippen molar-refractivity contribution in [3.05, 3.63) is 94.3 Å². The van der Waals surface area contributed by atoms with Gasteiger partial charge in [-0.3, -0.25) is 14.9 Å². The lowest BCUT2D eigenvalue weighted by molar-refractivity contribution is -0.384. The Bertz CT molecular complexity index is 970. The Kier molecular flexibility index (Phi) is 4.67. The van der Waals surface area contributed by atoms with Crippen molar-refractivity contribution in [1.29, 1.82) is 0 Å². The van der Waals surface area contributed by atoms with Crippen LogP contribution in [0.1, 0.15) is 10.4 Å². The van der Waals surface area contributed by atoms with Gasteiger partial charge in [-0.2, -0.15) is 0 Å². The molecule has 1 fully saturated rings. The molecule has 2 unspecified atom stereocenters. The van der Waals surface area contributed by atoms with Crippen molar-refractivity contribution >= 4 is 17.2 Å². The van der Waals surface area contributed by atoms with Gasteiger partial charge in [0.1, 0.15) is 18.1 Å². The number of carbonyl (C=O) groups is 1. The minimum absolute atomic E-state index is 0.0576. The first-order chi connectivity index (χ1) is 13.6. The van der Waals surface area contributed by atoms with Crippen molar-refractivity contribution in [2.24, 2.45) is 5.92 Å². The molecule has 0 aromatic heterocycles. The maximum Gasteiger partial charge on any atom is 0.292 e. The van der Waals surface area contributed by atoms with E-state index in [0.29, 0.717) is 30.2 Å². The molecule has 0 radical (unpaired) electrons. The first-order valence-electron chi connectivity index (χ1n) is 8.88. The summed E-state index contributed by atoms with van der Waals surface area (Å²) in [5, 5.41) is 14.4. The van der Waals surface area contributed by atoms with Gasteiger partial charge in [0, 0.05) is 11.6 Å². The summed E-state index contributed by atoms with van der Waals surface area (Å²) in [4.78, 5) is 23.7. The summed E-state index contributed by atoms with van der Waals surface area (Å²) in [6, 6.07) is 15.3. The number of allylic oxidation sites excluding steroid dienone is 2. The van der Waals surface area contributed by atoms with Crippen LogP contribution in [0.4, 0.5) is 11.4 Å². The molecular formula is C21H18N2O5. The van der Waals surface area contributed by atoms with E-state index in [1.54, 1.807) is 48.6 Å². The van der Waals surface area contributed by atoms with Crippen LogP contribution in [0, 0.1) is 16.0 Å². The third kappa shape index (κ3) is 3.27.